The van der Waals surface area contributed by atoms with Gasteiger partial charge in [0.1, 0.15) is 5.75 Å². The smallest absolute Gasteiger partial charge is 0.119 e. The first kappa shape index (κ1) is 17.5. The molecule has 1 aliphatic heterocycles. The van der Waals surface area contributed by atoms with Crippen LogP contribution in [0.3, 0.4) is 0 Å². The van der Waals surface area contributed by atoms with Gasteiger partial charge in [0, 0.05) is 62.7 Å². The molecule has 0 saturated carbocycles. The molecule has 0 atom stereocenters. The van der Waals surface area contributed by atoms with Gasteiger partial charge in [-0.3, -0.25) is 9.88 Å². The van der Waals surface area contributed by atoms with E-state index in [0.717, 1.165) is 49.9 Å². The van der Waals surface area contributed by atoms with Gasteiger partial charge in [0.15, 0.2) is 0 Å². The lowest BCUT2D eigenvalue weighted by Gasteiger charge is -2.36. The number of hydrogen-bond acceptors (Lipinski definition) is 5. The number of hydrogen-bond donors (Lipinski definition) is 0. The minimum absolute atomic E-state index is 0.881. The number of aromatic nitrogens is 3. The van der Waals surface area contributed by atoms with Crippen LogP contribution in [0, 0.1) is 6.92 Å². The highest BCUT2D eigenvalue weighted by atomic mass is 16.5. The molecule has 1 aliphatic rings. The van der Waals surface area contributed by atoms with E-state index in [2.05, 4.69) is 44.1 Å². The minimum atomic E-state index is 0.881. The van der Waals surface area contributed by atoms with Crippen molar-refractivity contribution in [1.82, 2.24) is 19.7 Å². The second-order valence-corrected chi connectivity index (χ2v) is 6.86. The van der Waals surface area contributed by atoms with Crippen molar-refractivity contribution >= 4 is 5.69 Å². The number of anilines is 1. The molecule has 0 radical (unpaired) electrons. The molecule has 0 bridgehead atoms. The van der Waals surface area contributed by atoms with Crippen molar-refractivity contribution in [2.45, 2.75) is 13.5 Å². The predicted octanol–water partition coefficient (Wildman–Crippen LogP) is 2.91. The Kier molecular flexibility index (Phi) is 5.07. The second kappa shape index (κ2) is 7.80. The van der Waals surface area contributed by atoms with Gasteiger partial charge < -0.3 is 9.64 Å². The highest BCUT2D eigenvalue weighted by Gasteiger charge is 2.19. The summed E-state index contributed by atoms with van der Waals surface area (Å²) in [4.78, 5) is 9.23. The monoisotopic (exact) mass is 363 g/mol. The molecule has 3 heterocycles. The molecule has 1 fully saturated rings. The Balaban J connectivity index is 1.47. The van der Waals surface area contributed by atoms with Crippen molar-refractivity contribution in [3.05, 3.63) is 66.2 Å². The highest BCUT2D eigenvalue weighted by Crippen LogP contribution is 2.23. The molecule has 27 heavy (non-hydrogen) atoms. The van der Waals surface area contributed by atoms with Crippen LogP contribution < -0.4 is 9.64 Å². The minimum Gasteiger partial charge on any atom is -0.497 e. The Hall–Kier alpha value is -2.86. The van der Waals surface area contributed by atoms with Crippen molar-refractivity contribution in [2.75, 3.05) is 38.2 Å². The fourth-order valence-electron chi connectivity index (χ4n) is 3.58. The lowest BCUT2D eigenvalue weighted by molar-refractivity contribution is 0.249. The molecular weight excluding hydrogens is 338 g/mol. The third-order valence-electron chi connectivity index (χ3n) is 5.05. The zero-order valence-electron chi connectivity index (χ0n) is 15.9. The van der Waals surface area contributed by atoms with E-state index >= 15 is 0 Å². The van der Waals surface area contributed by atoms with Gasteiger partial charge in [0.2, 0.25) is 0 Å². The molecule has 0 aliphatic carbocycles. The van der Waals surface area contributed by atoms with Crippen LogP contribution in [0.15, 0.2) is 55.0 Å². The fourth-order valence-corrected chi connectivity index (χ4v) is 3.58. The van der Waals surface area contributed by atoms with Gasteiger partial charge in [-0.1, -0.05) is 0 Å². The molecule has 6 nitrogen and oxygen atoms in total. The largest absolute Gasteiger partial charge is 0.497 e. The number of pyridine rings is 1. The van der Waals surface area contributed by atoms with Crippen LogP contribution in [0.1, 0.15) is 11.3 Å². The zero-order chi connectivity index (χ0) is 18.6. The van der Waals surface area contributed by atoms with Gasteiger partial charge in [0.05, 0.1) is 12.8 Å². The molecule has 0 N–H and O–H groups in total. The maximum atomic E-state index is 5.44. The summed E-state index contributed by atoms with van der Waals surface area (Å²) in [6.45, 7) is 7.01. The van der Waals surface area contributed by atoms with Gasteiger partial charge >= 0.3 is 0 Å². The zero-order valence-corrected chi connectivity index (χ0v) is 15.9. The summed E-state index contributed by atoms with van der Waals surface area (Å²) in [6, 6.07) is 12.4. The Morgan fingerprint density at radius 3 is 2.59 bits per heavy atom. The standard InChI is InChI=1S/C21H25N5O/c1-17-14-19(6-8-22-17)25-12-10-24(11-13-25)16-18-15-20(27-2)4-5-21(18)26-9-3-7-23-26/h3-9,14-15H,10-13,16H2,1-2H3. The van der Waals surface area contributed by atoms with Gasteiger partial charge in [-0.25, -0.2) is 4.68 Å². The molecule has 4 rings (SSSR count). The van der Waals surface area contributed by atoms with E-state index in [1.165, 1.54) is 11.3 Å². The number of rotatable bonds is 5. The molecule has 0 spiro atoms. The van der Waals surface area contributed by atoms with Crippen LogP contribution >= 0.6 is 0 Å². The Bertz CT molecular complexity index is 885. The number of benzene rings is 1. The van der Waals surface area contributed by atoms with Crippen molar-refractivity contribution in [3.8, 4) is 11.4 Å². The number of piperazine rings is 1. The van der Waals surface area contributed by atoms with Crippen LogP contribution in [0.5, 0.6) is 5.75 Å². The van der Waals surface area contributed by atoms with Crippen LogP contribution in [0.4, 0.5) is 5.69 Å². The summed E-state index contributed by atoms with van der Waals surface area (Å²) < 4.78 is 7.36. The summed E-state index contributed by atoms with van der Waals surface area (Å²) in [5.74, 6) is 0.881. The Morgan fingerprint density at radius 1 is 1.04 bits per heavy atom. The third-order valence-corrected chi connectivity index (χ3v) is 5.05. The van der Waals surface area contributed by atoms with E-state index in [1.54, 1.807) is 7.11 Å². The summed E-state index contributed by atoms with van der Waals surface area (Å²) in [5, 5.41) is 4.40. The average molecular weight is 363 g/mol. The van der Waals surface area contributed by atoms with E-state index in [4.69, 9.17) is 4.74 Å². The molecule has 1 aromatic carbocycles. The van der Waals surface area contributed by atoms with E-state index < -0.39 is 0 Å². The maximum Gasteiger partial charge on any atom is 0.119 e. The molecule has 1 saturated heterocycles. The fraction of sp³-hybridized carbons (Fsp3) is 0.333. The molecular formula is C21H25N5O. The van der Waals surface area contributed by atoms with Gasteiger partial charge in [-0.15, -0.1) is 0 Å². The number of aryl methyl sites for hydroxylation is 1. The summed E-state index contributed by atoms with van der Waals surface area (Å²) in [6.07, 6.45) is 5.68. The number of nitrogens with zero attached hydrogens (tertiary/aromatic N) is 5. The molecule has 2 aromatic heterocycles. The van der Waals surface area contributed by atoms with Crippen LogP contribution in [-0.4, -0.2) is 53.0 Å². The van der Waals surface area contributed by atoms with Gasteiger partial charge in [-0.05, 0) is 48.9 Å². The number of ether oxygens (including phenoxy) is 1. The highest BCUT2D eigenvalue weighted by molar-refractivity contribution is 5.47. The molecule has 0 unspecified atom stereocenters. The van der Waals surface area contributed by atoms with Crippen molar-refractivity contribution < 1.29 is 4.74 Å². The quantitative estimate of drug-likeness (QED) is 0.698. The lowest BCUT2D eigenvalue weighted by atomic mass is 10.1. The lowest BCUT2D eigenvalue weighted by Crippen LogP contribution is -2.46. The Labute approximate surface area is 160 Å². The van der Waals surface area contributed by atoms with Crippen molar-refractivity contribution in [2.24, 2.45) is 0 Å². The van der Waals surface area contributed by atoms with Crippen LogP contribution in [0.25, 0.3) is 5.69 Å². The van der Waals surface area contributed by atoms with Crippen molar-refractivity contribution in [1.29, 1.82) is 0 Å². The van der Waals surface area contributed by atoms with E-state index in [1.807, 2.05) is 42.3 Å². The Morgan fingerprint density at radius 2 is 1.89 bits per heavy atom. The predicted molar refractivity (Wildman–Crippen MR) is 107 cm³/mol. The summed E-state index contributed by atoms with van der Waals surface area (Å²) >= 11 is 0. The summed E-state index contributed by atoms with van der Waals surface area (Å²) in [5.41, 5.74) is 4.66. The van der Waals surface area contributed by atoms with Crippen molar-refractivity contribution in [3.63, 3.8) is 0 Å². The van der Waals surface area contributed by atoms with E-state index in [-0.39, 0.29) is 0 Å². The first-order chi connectivity index (χ1) is 13.2. The van der Waals surface area contributed by atoms with Crippen LogP contribution in [-0.2, 0) is 6.54 Å². The van der Waals surface area contributed by atoms with Gasteiger partial charge in [-0.2, -0.15) is 5.10 Å². The third kappa shape index (κ3) is 3.95. The normalized spacial score (nSPS) is 15.1. The van der Waals surface area contributed by atoms with Gasteiger partial charge in [0.25, 0.3) is 0 Å². The average Bonchev–Trinajstić information content (AvgIpc) is 3.23. The number of methoxy groups -OCH3 is 1. The SMILES string of the molecule is COc1ccc(-n2cccn2)c(CN2CCN(c3ccnc(C)c3)CC2)c1. The molecule has 0 amide bonds. The summed E-state index contributed by atoms with van der Waals surface area (Å²) in [7, 11) is 1.71. The topological polar surface area (TPSA) is 46.4 Å². The second-order valence-electron chi connectivity index (χ2n) is 6.86. The first-order valence-electron chi connectivity index (χ1n) is 9.30. The first-order valence-corrected chi connectivity index (χ1v) is 9.30. The van der Waals surface area contributed by atoms with E-state index in [0.29, 0.717) is 0 Å². The molecule has 140 valence electrons. The maximum absolute atomic E-state index is 5.44. The molecule has 3 aromatic rings. The van der Waals surface area contributed by atoms with Crippen LogP contribution in [0.2, 0.25) is 0 Å². The molecule has 6 heteroatoms. The van der Waals surface area contributed by atoms with E-state index in [9.17, 15) is 0 Å².